The Balaban J connectivity index is 2.45. The van der Waals surface area contributed by atoms with E-state index in [2.05, 4.69) is 15.6 Å². The van der Waals surface area contributed by atoms with Crippen molar-refractivity contribution in [3.05, 3.63) is 4.88 Å². The van der Waals surface area contributed by atoms with Crippen LogP contribution in [0.1, 0.15) is 23.5 Å². The van der Waals surface area contributed by atoms with Crippen molar-refractivity contribution in [2.24, 2.45) is 0 Å². The molecular formula is C11H20N4O3S. The summed E-state index contributed by atoms with van der Waals surface area (Å²) in [5.41, 5.74) is 5.70. The van der Waals surface area contributed by atoms with Gasteiger partial charge in [0.1, 0.15) is 10.7 Å². The second kappa shape index (κ2) is 7.93. The minimum absolute atomic E-state index is 0.0278. The number of anilines is 2. The number of nitrogens with zero attached hydrogens (tertiary/aromatic N) is 1. The summed E-state index contributed by atoms with van der Waals surface area (Å²) in [6.07, 6.45) is 0. The van der Waals surface area contributed by atoms with Gasteiger partial charge in [-0.25, -0.2) is 4.98 Å². The Labute approximate surface area is 116 Å². The summed E-state index contributed by atoms with van der Waals surface area (Å²) in [6.45, 7) is 4.91. The molecule has 1 amide bonds. The van der Waals surface area contributed by atoms with Crippen molar-refractivity contribution in [3.63, 3.8) is 0 Å². The number of amides is 1. The van der Waals surface area contributed by atoms with Crippen LogP contribution in [0.2, 0.25) is 0 Å². The lowest BCUT2D eigenvalue weighted by Crippen LogP contribution is -2.27. The van der Waals surface area contributed by atoms with Crippen molar-refractivity contribution < 1.29 is 14.6 Å². The van der Waals surface area contributed by atoms with E-state index in [1.54, 1.807) is 0 Å². The Bertz CT molecular complexity index is 409. The first-order valence-electron chi connectivity index (χ1n) is 6.04. The van der Waals surface area contributed by atoms with E-state index < -0.39 is 0 Å². The van der Waals surface area contributed by atoms with Crippen molar-refractivity contribution in [1.29, 1.82) is 0 Å². The van der Waals surface area contributed by atoms with E-state index in [0.29, 0.717) is 23.2 Å². The Morgan fingerprint density at radius 3 is 2.89 bits per heavy atom. The third-order valence-corrected chi connectivity index (χ3v) is 3.04. The minimum atomic E-state index is -0.264. The van der Waals surface area contributed by atoms with Gasteiger partial charge in [0, 0.05) is 12.6 Å². The second-order valence-corrected chi connectivity index (χ2v) is 5.12. The average Bonchev–Trinajstić information content (AvgIpc) is 2.68. The van der Waals surface area contributed by atoms with Gasteiger partial charge in [-0.05, 0) is 13.8 Å². The van der Waals surface area contributed by atoms with Gasteiger partial charge in [0.05, 0.1) is 19.8 Å². The smallest absolute Gasteiger partial charge is 0.265 e. The van der Waals surface area contributed by atoms with Crippen LogP contribution in [0, 0.1) is 0 Å². The number of thiazole rings is 1. The number of nitrogens with two attached hydrogens (primary N) is 1. The number of ether oxygens (including phenoxy) is 1. The standard InChI is InChI=1S/C11H20N4O3S/c1-7(2)14-11-15-9(12)8(19-11)10(17)13-3-5-18-6-4-16/h7,16H,3-6,12H2,1-2H3,(H,13,17)(H,14,15). The molecule has 0 atom stereocenters. The summed E-state index contributed by atoms with van der Waals surface area (Å²) in [5.74, 6) is -0.0404. The molecule has 0 radical (unpaired) electrons. The molecule has 0 saturated carbocycles. The van der Waals surface area contributed by atoms with Gasteiger partial charge >= 0.3 is 0 Å². The summed E-state index contributed by atoms with van der Waals surface area (Å²) in [6, 6.07) is 0.230. The number of nitrogen functional groups attached to an aromatic ring is 1. The molecule has 0 aliphatic heterocycles. The molecule has 1 heterocycles. The molecule has 0 bridgehead atoms. The van der Waals surface area contributed by atoms with Crippen LogP contribution in [0.5, 0.6) is 0 Å². The molecule has 1 aromatic rings. The molecule has 8 heteroatoms. The van der Waals surface area contributed by atoms with Gasteiger partial charge in [-0.1, -0.05) is 11.3 Å². The maximum atomic E-state index is 11.8. The number of aliphatic hydroxyl groups is 1. The minimum Gasteiger partial charge on any atom is -0.394 e. The van der Waals surface area contributed by atoms with Crippen molar-refractivity contribution >= 4 is 28.2 Å². The molecule has 0 aliphatic carbocycles. The molecule has 19 heavy (non-hydrogen) atoms. The molecule has 5 N–H and O–H groups in total. The molecule has 1 aromatic heterocycles. The number of hydrogen-bond acceptors (Lipinski definition) is 7. The van der Waals surface area contributed by atoms with E-state index >= 15 is 0 Å². The maximum absolute atomic E-state index is 11.8. The fourth-order valence-electron chi connectivity index (χ4n) is 1.29. The molecule has 7 nitrogen and oxygen atoms in total. The van der Waals surface area contributed by atoms with E-state index in [4.69, 9.17) is 15.6 Å². The Hall–Kier alpha value is -1.38. The summed E-state index contributed by atoms with van der Waals surface area (Å²) in [4.78, 5) is 16.3. The highest BCUT2D eigenvalue weighted by atomic mass is 32.1. The molecule has 108 valence electrons. The summed E-state index contributed by atoms with van der Waals surface area (Å²) in [7, 11) is 0. The van der Waals surface area contributed by atoms with Crippen LogP contribution in [-0.2, 0) is 4.74 Å². The van der Waals surface area contributed by atoms with Gasteiger partial charge in [0.2, 0.25) is 0 Å². The normalized spacial score (nSPS) is 10.7. The van der Waals surface area contributed by atoms with Crippen LogP contribution in [0.4, 0.5) is 10.9 Å². The van der Waals surface area contributed by atoms with Gasteiger partial charge in [-0.2, -0.15) is 0 Å². The van der Waals surface area contributed by atoms with Gasteiger partial charge in [0.25, 0.3) is 5.91 Å². The Kier molecular flexibility index (Phi) is 6.54. The summed E-state index contributed by atoms with van der Waals surface area (Å²) in [5, 5.41) is 14.9. The van der Waals surface area contributed by atoms with E-state index in [1.807, 2.05) is 13.8 Å². The first-order valence-corrected chi connectivity index (χ1v) is 6.86. The zero-order valence-corrected chi connectivity index (χ0v) is 11.9. The number of nitrogens with one attached hydrogen (secondary N) is 2. The fraction of sp³-hybridized carbons (Fsp3) is 0.636. The summed E-state index contributed by atoms with van der Waals surface area (Å²) < 4.78 is 5.04. The highest BCUT2D eigenvalue weighted by molar-refractivity contribution is 7.18. The largest absolute Gasteiger partial charge is 0.394 e. The predicted octanol–water partition coefficient (Wildman–Crippen LogP) is 0.284. The topological polar surface area (TPSA) is 110 Å². The van der Waals surface area contributed by atoms with Crippen molar-refractivity contribution in [3.8, 4) is 0 Å². The molecule has 0 spiro atoms. The van der Waals surface area contributed by atoms with Crippen molar-refractivity contribution in [2.45, 2.75) is 19.9 Å². The molecule has 0 fully saturated rings. The first-order chi connectivity index (χ1) is 9.04. The number of hydrogen-bond donors (Lipinski definition) is 4. The van der Waals surface area contributed by atoms with Gasteiger partial charge in [-0.3, -0.25) is 4.79 Å². The average molecular weight is 288 g/mol. The van der Waals surface area contributed by atoms with Gasteiger partial charge in [0.15, 0.2) is 5.13 Å². The van der Waals surface area contributed by atoms with Crippen molar-refractivity contribution in [2.75, 3.05) is 37.4 Å². The van der Waals surface area contributed by atoms with E-state index in [0.717, 1.165) is 0 Å². The fourth-order valence-corrected chi connectivity index (χ4v) is 2.23. The molecular weight excluding hydrogens is 268 g/mol. The maximum Gasteiger partial charge on any atom is 0.265 e. The lowest BCUT2D eigenvalue weighted by molar-refractivity contribution is 0.0841. The van der Waals surface area contributed by atoms with E-state index in [9.17, 15) is 4.79 Å². The SMILES string of the molecule is CC(C)Nc1nc(N)c(C(=O)NCCOCCO)s1. The first kappa shape index (κ1) is 15.7. The number of carbonyl (C=O) groups excluding carboxylic acids is 1. The Morgan fingerprint density at radius 1 is 1.53 bits per heavy atom. The predicted molar refractivity (Wildman–Crippen MR) is 75.5 cm³/mol. The van der Waals surface area contributed by atoms with Crippen molar-refractivity contribution in [1.82, 2.24) is 10.3 Å². The number of rotatable bonds is 8. The quantitative estimate of drug-likeness (QED) is 0.512. The van der Waals surface area contributed by atoms with Crippen LogP contribution in [0.15, 0.2) is 0 Å². The van der Waals surface area contributed by atoms with Crippen LogP contribution in [0.3, 0.4) is 0 Å². The highest BCUT2D eigenvalue weighted by Crippen LogP contribution is 2.25. The summed E-state index contributed by atoms with van der Waals surface area (Å²) >= 11 is 1.22. The highest BCUT2D eigenvalue weighted by Gasteiger charge is 2.16. The Morgan fingerprint density at radius 2 is 2.26 bits per heavy atom. The third-order valence-electron chi connectivity index (χ3n) is 2.04. The van der Waals surface area contributed by atoms with Gasteiger partial charge < -0.3 is 26.2 Å². The molecule has 0 aliphatic rings. The third kappa shape index (κ3) is 5.41. The number of aliphatic hydroxyl groups excluding tert-OH is 1. The molecule has 0 aromatic carbocycles. The number of carbonyl (C=O) groups is 1. The van der Waals surface area contributed by atoms with E-state index in [1.165, 1.54) is 11.3 Å². The lowest BCUT2D eigenvalue weighted by atomic mass is 10.4. The van der Waals surface area contributed by atoms with Gasteiger partial charge in [-0.15, -0.1) is 0 Å². The van der Waals surface area contributed by atoms with E-state index in [-0.39, 0.29) is 31.0 Å². The zero-order valence-electron chi connectivity index (χ0n) is 11.1. The second-order valence-electron chi connectivity index (χ2n) is 4.12. The molecule has 0 unspecified atom stereocenters. The molecule has 1 rings (SSSR count). The lowest BCUT2D eigenvalue weighted by Gasteiger charge is -2.04. The van der Waals surface area contributed by atoms with Crippen LogP contribution >= 0.6 is 11.3 Å². The van der Waals surface area contributed by atoms with Crippen LogP contribution in [0.25, 0.3) is 0 Å². The van der Waals surface area contributed by atoms with Crippen LogP contribution < -0.4 is 16.4 Å². The monoisotopic (exact) mass is 288 g/mol. The zero-order chi connectivity index (χ0) is 14.3. The van der Waals surface area contributed by atoms with Crippen LogP contribution in [-0.4, -0.2) is 48.4 Å². The number of aromatic nitrogens is 1. The molecule has 0 saturated heterocycles.